The van der Waals surface area contributed by atoms with Crippen molar-refractivity contribution < 1.29 is 18.0 Å². The molecular weight excluding hydrogens is 417 g/mol. The Balaban J connectivity index is 1.71. The summed E-state index contributed by atoms with van der Waals surface area (Å²) >= 11 is 0. The average molecular weight is 451 g/mol. The van der Waals surface area contributed by atoms with E-state index in [4.69, 9.17) is 10.1 Å². The number of alkyl halides is 3. The molecule has 4 rings (SSSR count). The Morgan fingerprint density at radius 3 is 2.47 bits per heavy atom. The van der Waals surface area contributed by atoms with Crippen molar-refractivity contribution in [2.75, 3.05) is 13.1 Å². The van der Waals surface area contributed by atoms with Crippen molar-refractivity contribution in [3.05, 3.63) is 28.7 Å². The van der Waals surface area contributed by atoms with Gasteiger partial charge in [-0.25, -0.2) is 9.50 Å². The van der Waals surface area contributed by atoms with Crippen LogP contribution in [-0.4, -0.2) is 44.7 Å². The van der Waals surface area contributed by atoms with E-state index in [0.29, 0.717) is 25.3 Å². The van der Waals surface area contributed by atoms with Crippen LogP contribution in [0.25, 0.3) is 5.65 Å². The molecule has 3 heterocycles. The minimum absolute atomic E-state index is 0.0334. The molecular formula is C24H33F3N4O. The van der Waals surface area contributed by atoms with E-state index in [2.05, 4.69) is 13.8 Å². The number of hydrogen-bond acceptors (Lipinski definition) is 3. The number of amides is 1. The third-order valence-corrected chi connectivity index (χ3v) is 7.68. The van der Waals surface area contributed by atoms with Gasteiger partial charge in [0, 0.05) is 43.6 Å². The summed E-state index contributed by atoms with van der Waals surface area (Å²) in [5.41, 5.74) is 4.85. The maximum Gasteiger partial charge on any atom is 0.391 e. The van der Waals surface area contributed by atoms with E-state index in [1.165, 1.54) is 0 Å². The number of fused-ring (bicyclic) bond motifs is 1. The summed E-state index contributed by atoms with van der Waals surface area (Å²) in [6.45, 7) is 9.40. The van der Waals surface area contributed by atoms with Crippen molar-refractivity contribution in [3.8, 4) is 0 Å². The first-order chi connectivity index (χ1) is 15.1. The van der Waals surface area contributed by atoms with Crippen LogP contribution in [0.5, 0.6) is 0 Å². The zero-order chi connectivity index (χ0) is 23.2. The first-order valence-corrected chi connectivity index (χ1v) is 11.8. The van der Waals surface area contributed by atoms with E-state index in [9.17, 15) is 18.0 Å². The fourth-order valence-corrected chi connectivity index (χ4v) is 5.64. The number of nitrogens with zero attached hydrogens (tertiary/aromatic N) is 4. The van der Waals surface area contributed by atoms with Crippen LogP contribution in [0.3, 0.4) is 0 Å². The van der Waals surface area contributed by atoms with Gasteiger partial charge < -0.3 is 4.90 Å². The number of aromatic nitrogens is 3. The first-order valence-electron chi connectivity index (χ1n) is 11.8. The lowest BCUT2D eigenvalue weighted by Crippen LogP contribution is -2.42. The zero-order valence-corrected chi connectivity index (χ0v) is 19.4. The number of halogens is 3. The molecule has 2 unspecified atom stereocenters. The number of hydrogen-bond donors (Lipinski definition) is 0. The average Bonchev–Trinajstić information content (AvgIpc) is 3.16. The summed E-state index contributed by atoms with van der Waals surface area (Å²) in [5, 5.41) is 4.92. The number of carbonyl (C=O) groups is 1. The highest BCUT2D eigenvalue weighted by atomic mass is 19.4. The molecule has 0 radical (unpaired) electrons. The van der Waals surface area contributed by atoms with Crippen molar-refractivity contribution in [2.24, 2.45) is 11.8 Å². The maximum atomic E-state index is 13.1. The van der Waals surface area contributed by atoms with Crippen molar-refractivity contribution >= 4 is 11.6 Å². The summed E-state index contributed by atoms with van der Waals surface area (Å²) in [6.07, 6.45) is -1.03. The van der Waals surface area contributed by atoms with Crippen molar-refractivity contribution in [2.45, 2.75) is 84.2 Å². The number of rotatable bonds is 3. The highest BCUT2D eigenvalue weighted by Crippen LogP contribution is 2.43. The summed E-state index contributed by atoms with van der Waals surface area (Å²) in [5.74, 6) is -0.522. The van der Waals surface area contributed by atoms with Gasteiger partial charge in [-0.1, -0.05) is 13.8 Å². The van der Waals surface area contributed by atoms with E-state index in [-0.39, 0.29) is 30.6 Å². The van der Waals surface area contributed by atoms with Crippen LogP contribution in [0.2, 0.25) is 0 Å². The molecule has 1 saturated heterocycles. The van der Waals surface area contributed by atoms with Crippen LogP contribution >= 0.6 is 0 Å². The van der Waals surface area contributed by atoms with Crippen LogP contribution in [-0.2, 0) is 11.2 Å². The van der Waals surface area contributed by atoms with Gasteiger partial charge in [-0.2, -0.15) is 18.3 Å². The molecule has 1 amide bonds. The van der Waals surface area contributed by atoms with Crippen LogP contribution in [0, 0.1) is 18.8 Å². The lowest BCUT2D eigenvalue weighted by molar-refractivity contribution is -0.182. The molecule has 0 spiro atoms. The molecule has 2 fully saturated rings. The molecule has 1 aliphatic carbocycles. The van der Waals surface area contributed by atoms with Crippen molar-refractivity contribution in [3.63, 3.8) is 0 Å². The van der Waals surface area contributed by atoms with E-state index in [1.54, 1.807) is 6.92 Å². The Morgan fingerprint density at radius 1 is 1.19 bits per heavy atom. The van der Waals surface area contributed by atoms with E-state index in [1.807, 2.05) is 22.4 Å². The number of carbonyl (C=O) groups excluding carboxylic acids is 1. The predicted octanol–water partition coefficient (Wildman–Crippen LogP) is 5.41. The molecule has 1 aliphatic heterocycles. The van der Waals surface area contributed by atoms with Gasteiger partial charge in [-0.05, 0) is 56.9 Å². The molecule has 176 valence electrons. The minimum Gasteiger partial charge on any atom is -0.342 e. The lowest BCUT2D eigenvalue weighted by Gasteiger charge is -2.37. The summed E-state index contributed by atoms with van der Waals surface area (Å²) in [4.78, 5) is 18.8. The largest absolute Gasteiger partial charge is 0.391 e. The van der Waals surface area contributed by atoms with Gasteiger partial charge in [0.25, 0.3) is 0 Å². The minimum atomic E-state index is -4.11. The second kappa shape index (κ2) is 8.67. The molecule has 8 heteroatoms. The van der Waals surface area contributed by atoms with Gasteiger partial charge in [0.1, 0.15) is 0 Å². The monoisotopic (exact) mass is 450 g/mol. The van der Waals surface area contributed by atoms with Gasteiger partial charge in [-0.3, -0.25) is 4.79 Å². The second-order valence-corrected chi connectivity index (χ2v) is 9.68. The smallest absolute Gasteiger partial charge is 0.342 e. The Kier molecular flexibility index (Phi) is 6.25. The summed E-state index contributed by atoms with van der Waals surface area (Å²) in [6, 6.07) is 1.96. The summed E-state index contributed by atoms with van der Waals surface area (Å²) < 4.78 is 41.2. The summed E-state index contributed by atoms with van der Waals surface area (Å²) in [7, 11) is 0. The molecule has 2 atom stereocenters. The quantitative estimate of drug-likeness (QED) is 0.628. The molecule has 0 bridgehead atoms. The predicted molar refractivity (Wildman–Crippen MR) is 117 cm³/mol. The van der Waals surface area contributed by atoms with Gasteiger partial charge in [-0.15, -0.1) is 0 Å². The molecule has 2 aliphatic rings. The molecule has 2 aromatic heterocycles. The normalized spacial score (nSPS) is 27.2. The molecule has 1 saturated carbocycles. The third-order valence-electron chi connectivity index (χ3n) is 7.68. The van der Waals surface area contributed by atoms with E-state index >= 15 is 0 Å². The Morgan fingerprint density at radius 2 is 1.88 bits per heavy atom. The Labute approximate surface area is 187 Å². The second-order valence-electron chi connectivity index (χ2n) is 9.68. The highest BCUT2D eigenvalue weighted by Gasteiger charge is 2.42. The first kappa shape index (κ1) is 23.1. The number of piperidine rings is 1. The Bertz CT molecular complexity index is 991. The molecule has 5 nitrogen and oxygen atoms in total. The van der Waals surface area contributed by atoms with Crippen molar-refractivity contribution in [1.29, 1.82) is 0 Å². The molecule has 32 heavy (non-hydrogen) atoms. The van der Waals surface area contributed by atoms with Gasteiger partial charge in [0.15, 0.2) is 5.65 Å². The molecule has 0 N–H and O–H groups in total. The van der Waals surface area contributed by atoms with Crippen LogP contribution in [0.15, 0.2) is 6.07 Å². The fraction of sp³-hybridized carbons (Fsp3) is 0.708. The lowest BCUT2D eigenvalue weighted by atomic mass is 9.80. The molecule has 0 aromatic carbocycles. The standard InChI is InChI=1S/C24H33F3N4O/c1-5-19-15(3)28-22-12-21(17-6-8-18(9-7-17)24(25,26)27)29-31(22)23(19)20-13-30(16(4)32)11-10-14(20)2/h12,14,17-18,20H,5-11,13H2,1-4H3. The topological polar surface area (TPSA) is 50.5 Å². The number of likely N-dealkylation sites (tertiary alicyclic amines) is 1. The third kappa shape index (κ3) is 4.25. The highest BCUT2D eigenvalue weighted by molar-refractivity contribution is 5.73. The SMILES string of the molecule is CCc1c(C)nc2cc(C3CCC(C(F)(F)F)CC3)nn2c1C1CN(C(C)=O)CCC1C. The fourth-order valence-electron chi connectivity index (χ4n) is 5.64. The van der Waals surface area contributed by atoms with E-state index in [0.717, 1.165) is 47.7 Å². The maximum absolute atomic E-state index is 13.1. The molecule has 2 aromatic rings. The van der Waals surface area contributed by atoms with Gasteiger partial charge in [0.05, 0.1) is 17.3 Å². The Hall–Kier alpha value is -2.12. The van der Waals surface area contributed by atoms with Crippen LogP contribution < -0.4 is 0 Å². The number of aryl methyl sites for hydroxylation is 1. The zero-order valence-electron chi connectivity index (χ0n) is 19.4. The van der Waals surface area contributed by atoms with Crippen LogP contribution in [0.1, 0.15) is 87.4 Å². The van der Waals surface area contributed by atoms with Crippen molar-refractivity contribution in [1.82, 2.24) is 19.5 Å². The van der Waals surface area contributed by atoms with Gasteiger partial charge >= 0.3 is 6.18 Å². The van der Waals surface area contributed by atoms with Crippen LogP contribution in [0.4, 0.5) is 13.2 Å². The van der Waals surface area contributed by atoms with Gasteiger partial charge in [0.2, 0.25) is 5.91 Å². The van der Waals surface area contributed by atoms with E-state index < -0.39 is 12.1 Å².